The summed E-state index contributed by atoms with van der Waals surface area (Å²) < 4.78 is 11.3. The highest BCUT2D eigenvalue weighted by atomic mass is 127. The molecule has 0 fully saturated rings. The molecule has 0 aliphatic rings. The molecule has 0 atom stereocenters. The minimum atomic E-state index is -0.536. The molecule has 0 aliphatic heterocycles. The number of carbonyl (C=O) groups excluding carboxylic acids is 1. The first kappa shape index (κ1) is 30.2. The van der Waals surface area contributed by atoms with E-state index < -0.39 is 17.2 Å². The monoisotopic (exact) mass is 563 g/mol. The van der Waals surface area contributed by atoms with Gasteiger partial charge < -0.3 is 30.3 Å². The number of benzene rings is 1. The maximum atomic E-state index is 12.1. The maximum absolute atomic E-state index is 12.1. The zero-order valence-corrected chi connectivity index (χ0v) is 23.2. The molecular weight excluding hydrogens is 521 g/mol. The van der Waals surface area contributed by atoms with Crippen LogP contribution in [0.1, 0.15) is 47.1 Å². The number of likely N-dealkylation sites (N-methyl/N-ethyl adjacent to an activating group) is 1. The molecular formula is C23H42IN5O3. The summed E-state index contributed by atoms with van der Waals surface area (Å²) in [6.45, 7) is 14.6. The molecule has 0 aromatic heterocycles. The van der Waals surface area contributed by atoms with Gasteiger partial charge in [0, 0.05) is 25.2 Å². The molecule has 0 spiro atoms. The first-order chi connectivity index (χ1) is 14.4. The van der Waals surface area contributed by atoms with Crippen LogP contribution in [0.3, 0.4) is 0 Å². The zero-order chi connectivity index (χ0) is 23.5. The van der Waals surface area contributed by atoms with Crippen molar-refractivity contribution in [2.45, 2.75) is 59.2 Å². The van der Waals surface area contributed by atoms with Crippen molar-refractivity contribution in [3.63, 3.8) is 0 Å². The van der Waals surface area contributed by atoms with E-state index in [4.69, 9.17) is 9.47 Å². The average Bonchev–Trinajstić information content (AvgIpc) is 2.62. The van der Waals surface area contributed by atoms with Crippen molar-refractivity contribution in [2.75, 3.05) is 40.3 Å². The molecule has 1 aromatic rings. The Morgan fingerprint density at radius 1 is 1.09 bits per heavy atom. The Labute approximate surface area is 210 Å². The molecule has 0 radical (unpaired) electrons. The Bertz CT molecular complexity index is 718. The van der Waals surface area contributed by atoms with Crippen LogP contribution in [0, 0.1) is 0 Å². The predicted molar refractivity (Wildman–Crippen MR) is 142 cm³/mol. The van der Waals surface area contributed by atoms with Crippen molar-refractivity contribution < 1.29 is 14.3 Å². The number of aliphatic imine (C=N–C) groups is 1. The van der Waals surface area contributed by atoms with E-state index in [-0.39, 0.29) is 24.0 Å². The molecule has 1 amide bonds. The van der Waals surface area contributed by atoms with E-state index in [2.05, 4.69) is 25.8 Å². The highest BCUT2D eigenvalue weighted by Gasteiger charge is 2.24. The second-order valence-corrected chi connectivity index (χ2v) is 9.32. The molecule has 184 valence electrons. The van der Waals surface area contributed by atoms with Crippen molar-refractivity contribution in [1.29, 1.82) is 0 Å². The van der Waals surface area contributed by atoms with E-state index in [1.807, 2.05) is 79.9 Å². The fourth-order valence-electron chi connectivity index (χ4n) is 2.55. The van der Waals surface area contributed by atoms with Crippen LogP contribution in [-0.2, 0) is 11.3 Å². The van der Waals surface area contributed by atoms with Crippen LogP contribution in [0.2, 0.25) is 0 Å². The van der Waals surface area contributed by atoms with Crippen LogP contribution in [0.4, 0.5) is 4.79 Å². The molecule has 1 rings (SSSR count). The van der Waals surface area contributed by atoms with Crippen LogP contribution in [-0.4, -0.2) is 68.4 Å². The zero-order valence-electron chi connectivity index (χ0n) is 20.9. The molecule has 0 saturated heterocycles. The number of hydrogen-bond acceptors (Lipinski definition) is 5. The Hall–Kier alpha value is -1.75. The number of alkyl carbamates (subject to hydrolysis) is 1. The lowest BCUT2D eigenvalue weighted by Gasteiger charge is -2.29. The van der Waals surface area contributed by atoms with Crippen molar-refractivity contribution in [1.82, 2.24) is 20.9 Å². The number of hydrogen-bond donors (Lipinski definition) is 3. The van der Waals surface area contributed by atoms with Crippen LogP contribution in [0.15, 0.2) is 29.3 Å². The third-order valence-electron chi connectivity index (χ3n) is 4.06. The normalized spacial score (nSPS) is 12.1. The molecule has 0 aliphatic carbocycles. The summed E-state index contributed by atoms with van der Waals surface area (Å²) in [6.07, 6.45) is -0.440. The SMILES string of the molecule is CCNC(=NCc1ccccc1OCCN(C)C)NCC(C)(C)NC(=O)OC(C)(C)C.I. The summed E-state index contributed by atoms with van der Waals surface area (Å²) in [5.74, 6) is 1.51. The molecule has 0 saturated carbocycles. The lowest BCUT2D eigenvalue weighted by Crippen LogP contribution is -2.54. The van der Waals surface area contributed by atoms with Crippen LogP contribution in [0.5, 0.6) is 5.75 Å². The van der Waals surface area contributed by atoms with E-state index >= 15 is 0 Å². The largest absolute Gasteiger partial charge is 0.492 e. The van der Waals surface area contributed by atoms with E-state index in [1.54, 1.807) is 0 Å². The number of halogens is 1. The minimum Gasteiger partial charge on any atom is -0.492 e. The van der Waals surface area contributed by atoms with Crippen molar-refractivity contribution in [3.8, 4) is 5.75 Å². The van der Waals surface area contributed by atoms with Crippen molar-refractivity contribution in [3.05, 3.63) is 29.8 Å². The van der Waals surface area contributed by atoms with E-state index in [0.29, 0.717) is 25.7 Å². The summed E-state index contributed by atoms with van der Waals surface area (Å²) in [5, 5.41) is 9.44. The molecule has 0 heterocycles. The maximum Gasteiger partial charge on any atom is 0.408 e. The summed E-state index contributed by atoms with van der Waals surface area (Å²) >= 11 is 0. The van der Waals surface area contributed by atoms with E-state index in [9.17, 15) is 4.79 Å². The topological polar surface area (TPSA) is 87.2 Å². The fraction of sp³-hybridized carbons (Fsp3) is 0.652. The van der Waals surface area contributed by atoms with Gasteiger partial charge in [0.05, 0.1) is 12.1 Å². The van der Waals surface area contributed by atoms with Gasteiger partial charge in [0.15, 0.2) is 5.96 Å². The average molecular weight is 564 g/mol. The number of amides is 1. The summed E-state index contributed by atoms with van der Waals surface area (Å²) in [7, 11) is 4.04. The second kappa shape index (κ2) is 14.4. The number of nitrogens with one attached hydrogen (secondary N) is 3. The first-order valence-electron chi connectivity index (χ1n) is 10.8. The highest BCUT2D eigenvalue weighted by Crippen LogP contribution is 2.19. The lowest BCUT2D eigenvalue weighted by molar-refractivity contribution is 0.0474. The van der Waals surface area contributed by atoms with Crippen molar-refractivity contribution >= 4 is 36.0 Å². The number of guanidine groups is 1. The number of carbonyl (C=O) groups is 1. The number of nitrogens with zero attached hydrogens (tertiary/aromatic N) is 2. The van der Waals surface area contributed by atoms with Crippen LogP contribution >= 0.6 is 24.0 Å². The number of ether oxygens (including phenoxy) is 2. The van der Waals surface area contributed by atoms with Gasteiger partial charge in [-0.1, -0.05) is 18.2 Å². The van der Waals surface area contributed by atoms with Gasteiger partial charge in [0.1, 0.15) is 18.0 Å². The van der Waals surface area contributed by atoms with Gasteiger partial charge in [0.25, 0.3) is 0 Å². The van der Waals surface area contributed by atoms with Gasteiger partial charge in [-0.3, -0.25) is 0 Å². The molecule has 0 bridgehead atoms. The quantitative estimate of drug-likeness (QED) is 0.229. The summed E-state index contributed by atoms with van der Waals surface area (Å²) in [5.41, 5.74) is -0.0397. The van der Waals surface area contributed by atoms with Gasteiger partial charge in [-0.2, -0.15) is 0 Å². The molecule has 32 heavy (non-hydrogen) atoms. The Morgan fingerprint density at radius 3 is 2.34 bits per heavy atom. The smallest absolute Gasteiger partial charge is 0.408 e. The third-order valence-corrected chi connectivity index (χ3v) is 4.06. The van der Waals surface area contributed by atoms with Gasteiger partial charge in [-0.15, -0.1) is 24.0 Å². The molecule has 8 nitrogen and oxygen atoms in total. The minimum absolute atomic E-state index is 0. The molecule has 1 aromatic carbocycles. The third kappa shape index (κ3) is 13.6. The second-order valence-electron chi connectivity index (χ2n) is 9.32. The van der Waals surface area contributed by atoms with E-state index in [0.717, 1.165) is 24.4 Å². The first-order valence-corrected chi connectivity index (χ1v) is 10.8. The highest BCUT2D eigenvalue weighted by molar-refractivity contribution is 14.0. The van der Waals surface area contributed by atoms with Crippen LogP contribution in [0.25, 0.3) is 0 Å². The summed E-state index contributed by atoms with van der Waals surface area (Å²) in [6, 6.07) is 7.94. The Balaban J connectivity index is 0.00000961. The fourth-order valence-corrected chi connectivity index (χ4v) is 2.55. The lowest BCUT2D eigenvalue weighted by atomic mass is 10.1. The van der Waals surface area contributed by atoms with Gasteiger partial charge in [0.2, 0.25) is 0 Å². The molecule has 0 unspecified atom stereocenters. The van der Waals surface area contributed by atoms with Gasteiger partial charge in [-0.25, -0.2) is 9.79 Å². The number of rotatable bonds is 10. The molecule has 3 N–H and O–H groups in total. The predicted octanol–water partition coefficient (Wildman–Crippen LogP) is 3.60. The molecule has 9 heteroatoms. The summed E-state index contributed by atoms with van der Waals surface area (Å²) in [4.78, 5) is 18.9. The van der Waals surface area contributed by atoms with Crippen LogP contribution < -0.4 is 20.7 Å². The van der Waals surface area contributed by atoms with E-state index in [1.165, 1.54) is 0 Å². The number of para-hydroxylation sites is 1. The standard InChI is InChI=1S/C23H41N5O3.HI/c1-9-24-20(26-17-23(5,6)27-21(29)31-22(2,3)4)25-16-18-12-10-11-13-19(18)30-15-14-28(7)8;/h10-13H,9,14-17H2,1-8H3,(H,27,29)(H2,24,25,26);1H. The Kier molecular flexibility index (Phi) is 13.6. The van der Waals surface area contributed by atoms with Crippen molar-refractivity contribution in [2.24, 2.45) is 4.99 Å². The van der Waals surface area contributed by atoms with Gasteiger partial charge >= 0.3 is 6.09 Å². The Morgan fingerprint density at radius 2 is 1.75 bits per heavy atom. The van der Waals surface area contributed by atoms with Gasteiger partial charge in [-0.05, 0) is 61.7 Å².